The van der Waals surface area contributed by atoms with E-state index in [1.54, 1.807) is 11.8 Å². The molecule has 0 heterocycles. The van der Waals surface area contributed by atoms with Gasteiger partial charge >= 0.3 is 0 Å². The van der Waals surface area contributed by atoms with Crippen molar-refractivity contribution in [3.63, 3.8) is 0 Å². The summed E-state index contributed by atoms with van der Waals surface area (Å²) in [6, 6.07) is 9.84. The molecule has 0 amide bonds. The molecule has 0 spiro atoms. The number of hydrogen-bond donors (Lipinski definition) is 0. The van der Waals surface area contributed by atoms with Crippen LogP contribution in [0.4, 0.5) is 0 Å². The maximum Gasteiger partial charge on any atom is 0.100 e. The van der Waals surface area contributed by atoms with E-state index < -0.39 is 0 Å². The van der Waals surface area contributed by atoms with Crippen molar-refractivity contribution in [3.8, 4) is 6.07 Å². The van der Waals surface area contributed by atoms with Gasteiger partial charge in [0.25, 0.3) is 0 Å². The molecule has 1 atom stereocenters. The van der Waals surface area contributed by atoms with Gasteiger partial charge in [-0.25, -0.2) is 0 Å². The summed E-state index contributed by atoms with van der Waals surface area (Å²) in [5.41, 5.74) is 0.749. The van der Waals surface area contributed by atoms with Crippen molar-refractivity contribution in [3.05, 3.63) is 29.8 Å². The van der Waals surface area contributed by atoms with E-state index in [0.29, 0.717) is 11.8 Å². The van der Waals surface area contributed by atoms with E-state index in [-0.39, 0.29) is 0 Å². The number of halogens is 1. The first kappa shape index (κ1) is 11.4. The lowest BCUT2D eigenvalue weighted by Crippen LogP contribution is -1.99. The summed E-state index contributed by atoms with van der Waals surface area (Å²) in [4.78, 5) is 1.05. The predicted molar refractivity (Wildman–Crippen MR) is 61.8 cm³/mol. The van der Waals surface area contributed by atoms with E-state index >= 15 is 0 Å². The van der Waals surface area contributed by atoms with Gasteiger partial charge in [0.2, 0.25) is 0 Å². The molecule has 1 rings (SSSR count). The third-order valence-electron chi connectivity index (χ3n) is 1.79. The summed E-state index contributed by atoms with van der Waals surface area (Å²) >= 11 is 7.41. The van der Waals surface area contributed by atoms with Crippen molar-refractivity contribution in [1.29, 1.82) is 5.26 Å². The highest BCUT2D eigenvalue weighted by Gasteiger charge is 2.04. The Kier molecular flexibility index (Phi) is 4.86. The third-order valence-corrected chi connectivity index (χ3v) is 3.72. The molecule has 0 saturated carbocycles. The van der Waals surface area contributed by atoms with E-state index in [1.165, 1.54) is 0 Å². The molecule has 1 unspecified atom stereocenters. The molecular formula is C11H12ClNS. The zero-order valence-corrected chi connectivity index (χ0v) is 9.61. The number of rotatable bonds is 4. The second-order valence-corrected chi connectivity index (χ2v) is 4.55. The van der Waals surface area contributed by atoms with Crippen LogP contribution in [0.5, 0.6) is 0 Å². The summed E-state index contributed by atoms with van der Waals surface area (Å²) < 4.78 is 0. The SMILES string of the molecule is CC(CCl)CSc1ccccc1C#N. The Morgan fingerprint density at radius 3 is 2.86 bits per heavy atom. The smallest absolute Gasteiger partial charge is 0.100 e. The van der Waals surface area contributed by atoms with Crippen LogP contribution in [0.1, 0.15) is 12.5 Å². The number of alkyl halides is 1. The first-order chi connectivity index (χ1) is 6.77. The average molecular weight is 226 g/mol. The second kappa shape index (κ2) is 5.95. The molecule has 0 N–H and O–H groups in total. The molecule has 0 aliphatic heterocycles. The summed E-state index contributed by atoms with van der Waals surface area (Å²) in [6.07, 6.45) is 0. The van der Waals surface area contributed by atoms with Crippen molar-refractivity contribution in [2.75, 3.05) is 11.6 Å². The van der Waals surface area contributed by atoms with Crippen LogP contribution in [0.25, 0.3) is 0 Å². The van der Waals surface area contributed by atoms with Gasteiger partial charge in [-0.1, -0.05) is 19.1 Å². The first-order valence-electron chi connectivity index (χ1n) is 4.45. The Morgan fingerprint density at radius 1 is 1.50 bits per heavy atom. The lowest BCUT2D eigenvalue weighted by Gasteiger charge is -2.07. The van der Waals surface area contributed by atoms with Gasteiger partial charge in [-0.15, -0.1) is 23.4 Å². The van der Waals surface area contributed by atoms with Crippen LogP contribution in [0, 0.1) is 17.2 Å². The second-order valence-electron chi connectivity index (χ2n) is 3.18. The molecule has 14 heavy (non-hydrogen) atoms. The minimum absolute atomic E-state index is 0.480. The molecule has 0 aliphatic rings. The van der Waals surface area contributed by atoms with E-state index in [9.17, 15) is 0 Å². The molecule has 1 aromatic carbocycles. The molecule has 0 radical (unpaired) electrons. The monoisotopic (exact) mass is 225 g/mol. The molecule has 0 aliphatic carbocycles. The Morgan fingerprint density at radius 2 is 2.21 bits per heavy atom. The number of hydrogen-bond acceptors (Lipinski definition) is 2. The Balaban J connectivity index is 2.63. The Labute approximate surface area is 94.1 Å². The van der Waals surface area contributed by atoms with Crippen molar-refractivity contribution < 1.29 is 0 Å². The third kappa shape index (κ3) is 3.25. The fourth-order valence-corrected chi connectivity index (χ4v) is 2.23. The topological polar surface area (TPSA) is 23.8 Å². The highest BCUT2D eigenvalue weighted by molar-refractivity contribution is 7.99. The van der Waals surface area contributed by atoms with E-state index in [4.69, 9.17) is 16.9 Å². The van der Waals surface area contributed by atoms with E-state index in [1.807, 2.05) is 24.3 Å². The molecule has 1 aromatic rings. The molecule has 0 saturated heterocycles. The van der Waals surface area contributed by atoms with Gasteiger partial charge in [-0.3, -0.25) is 0 Å². The van der Waals surface area contributed by atoms with Crippen LogP contribution in [-0.4, -0.2) is 11.6 Å². The van der Waals surface area contributed by atoms with Crippen molar-refractivity contribution in [2.24, 2.45) is 5.92 Å². The number of nitriles is 1. The fraction of sp³-hybridized carbons (Fsp3) is 0.364. The standard InChI is InChI=1S/C11H12ClNS/c1-9(6-12)8-14-11-5-3-2-4-10(11)7-13/h2-5,9H,6,8H2,1H3. The highest BCUT2D eigenvalue weighted by Crippen LogP contribution is 2.24. The van der Waals surface area contributed by atoms with Crippen molar-refractivity contribution in [2.45, 2.75) is 11.8 Å². The number of nitrogens with zero attached hydrogens (tertiary/aromatic N) is 1. The molecule has 3 heteroatoms. The highest BCUT2D eigenvalue weighted by atomic mass is 35.5. The fourth-order valence-electron chi connectivity index (χ4n) is 0.961. The quantitative estimate of drug-likeness (QED) is 0.578. The van der Waals surface area contributed by atoms with Gasteiger partial charge in [0.1, 0.15) is 6.07 Å². The van der Waals surface area contributed by atoms with Crippen LogP contribution in [0.3, 0.4) is 0 Å². The minimum atomic E-state index is 0.480. The molecule has 1 nitrogen and oxygen atoms in total. The summed E-state index contributed by atoms with van der Waals surface area (Å²) in [6.45, 7) is 2.11. The van der Waals surface area contributed by atoms with Gasteiger partial charge < -0.3 is 0 Å². The molecule has 0 aromatic heterocycles. The Bertz CT molecular complexity index is 332. The van der Waals surface area contributed by atoms with E-state index in [2.05, 4.69) is 13.0 Å². The maximum atomic E-state index is 8.85. The molecule has 0 fully saturated rings. The Hall–Kier alpha value is -0.650. The molecular weight excluding hydrogens is 214 g/mol. The number of thioether (sulfide) groups is 1. The van der Waals surface area contributed by atoms with Crippen LogP contribution in [0.2, 0.25) is 0 Å². The van der Waals surface area contributed by atoms with Gasteiger partial charge in [-0.2, -0.15) is 5.26 Å². The van der Waals surface area contributed by atoms with Crippen molar-refractivity contribution >= 4 is 23.4 Å². The largest absolute Gasteiger partial charge is 0.192 e. The minimum Gasteiger partial charge on any atom is -0.192 e. The number of benzene rings is 1. The van der Waals surface area contributed by atoms with E-state index in [0.717, 1.165) is 16.2 Å². The van der Waals surface area contributed by atoms with Gasteiger partial charge in [-0.05, 0) is 18.1 Å². The summed E-state index contributed by atoms with van der Waals surface area (Å²) in [5.74, 6) is 2.11. The van der Waals surface area contributed by atoms with Crippen molar-refractivity contribution in [1.82, 2.24) is 0 Å². The van der Waals surface area contributed by atoms with Gasteiger partial charge in [0.15, 0.2) is 0 Å². The van der Waals surface area contributed by atoms with Crippen LogP contribution < -0.4 is 0 Å². The van der Waals surface area contributed by atoms with Crippen LogP contribution in [0.15, 0.2) is 29.2 Å². The summed E-state index contributed by atoms with van der Waals surface area (Å²) in [7, 11) is 0. The zero-order valence-electron chi connectivity index (χ0n) is 8.03. The predicted octanol–water partition coefficient (Wildman–Crippen LogP) is 3.53. The van der Waals surface area contributed by atoms with Crippen LogP contribution in [-0.2, 0) is 0 Å². The average Bonchev–Trinajstić information content (AvgIpc) is 2.26. The zero-order chi connectivity index (χ0) is 10.4. The van der Waals surface area contributed by atoms with Crippen LogP contribution >= 0.6 is 23.4 Å². The molecule has 0 bridgehead atoms. The lowest BCUT2D eigenvalue weighted by molar-refractivity contribution is 0.759. The van der Waals surface area contributed by atoms with Gasteiger partial charge in [0, 0.05) is 16.5 Å². The van der Waals surface area contributed by atoms with Gasteiger partial charge in [0.05, 0.1) is 5.56 Å². The lowest BCUT2D eigenvalue weighted by atomic mass is 10.2. The first-order valence-corrected chi connectivity index (χ1v) is 5.97. The summed E-state index contributed by atoms with van der Waals surface area (Å²) in [5, 5.41) is 8.85. The maximum absolute atomic E-state index is 8.85. The molecule has 74 valence electrons. The normalized spacial score (nSPS) is 12.1.